The number of ether oxygens (including phenoxy) is 2. The Balaban J connectivity index is 0.000000593. The van der Waals surface area contributed by atoms with Gasteiger partial charge in [-0.1, -0.05) is 38.1 Å². The predicted octanol–water partition coefficient (Wildman–Crippen LogP) is 5.06. The third kappa shape index (κ3) is 5.07. The molecule has 0 aliphatic carbocycles. The Labute approximate surface area is 140 Å². The zero-order valence-electron chi connectivity index (χ0n) is 14.9. The summed E-state index contributed by atoms with van der Waals surface area (Å²) in [7, 11) is 3.37. The molecule has 2 heteroatoms. The molecule has 2 rings (SSSR count). The van der Waals surface area contributed by atoms with Gasteiger partial charge in [0.15, 0.2) is 0 Å². The zero-order chi connectivity index (χ0) is 17.3. The van der Waals surface area contributed by atoms with Crippen LogP contribution < -0.4 is 9.47 Å². The van der Waals surface area contributed by atoms with Crippen LogP contribution in [0.3, 0.4) is 0 Å². The van der Waals surface area contributed by atoms with Crippen LogP contribution in [-0.2, 0) is 5.41 Å². The van der Waals surface area contributed by atoms with Crippen LogP contribution in [0.5, 0.6) is 11.5 Å². The maximum Gasteiger partial charge on any atom is 0.118 e. The number of methoxy groups -OCH3 is 2. The van der Waals surface area contributed by atoms with Crippen LogP contribution in [0.2, 0.25) is 0 Å². The monoisotopic (exact) mass is 310 g/mol. The molecule has 0 unspecified atom stereocenters. The maximum absolute atomic E-state index is 5.20. The second-order valence-corrected chi connectivity index (χ2v) is 5.58. The van der Waals surface area contributed by atoms with Gasteiger partial charge in [-0.2, -0.15) is 0 Å². The summed E-state index contributed by atoms with van der Waals surface area (Å²) in [4.78, 5) is 0. The van der Waals surface area contributed by atoms with Gasteiger partial charge in [0.25, 0.3) is 0 Å². The Morgan fingerprint density at radius 3 is 1.17 bits per heavy atom. The molecule has 0 spiro atoms. The molecule has 0 atom stereocenters. The summed E-state index contributed by atoms with van der Waals surface area (Å²) in [6.45, 7) is 8.08. The van der Waals surface area contributed by atoms with Crippen LogP contribution >= 0.6 is 0 Å². The van der Waals surface area contributed by atoms with E-state index in [4.69, 9.17) is 9.47 Å². The first-order chi connectivity index (χ1) is 11.0. The van der Waals surface area contributed by atoms with E-state index in [0.29, 0.717) is 0 Å². The van der Waals surface area contributed by atoms with E-state index in [-0.39, 0.29) is 5.41 Å². The van der Waals surface area contributed by atoms with E-state index in [1.807, 2.05) is 38.1 Å². The summed E-state index contributed by atoms with van der Waals surface area (Å²) in [6, 6.07) is 16.5. The maximum atomic E-state index is 5.20. The summed E-state index contributed by atoms with van der Waals surface area (Å²) in [5, 5.41) is 0. The lowest BCUT2D eigenvalue weighted by atomic mass is 9.78. The smallest absolute Gasteiger partial charge is 0.118 e. The Hall–Kier alpha value is -2.40. The quantitative estimate of drug-likeness (QED) is 0.735. The number of hydrogen-bond donors (Lipinski definition) is 0. The van der Waals surface area contributed by atoms with Gasteiger partial charge in [0.2, 0.25) is 0 Å². The van der Waals surface area contributed by atoms with Crippen molar-refractivity contribution in [3.63, 3.8) is 0 Å². The molecule has 0 aliphatic rings. The zero-order valence-corrected chi connectivity index (χ0v) is 14.9. The third-order valence-corrected chi connectivity index (χ3v) is 3.87. The lowest BCUT2D eigenvalue weighted by Crippen LogP contribution is -2.18. The Kier molecular flexibility index (Phi) is 7.22. The minimum Gasteiger partial charge on any atom is -0.497 e. The first-order valence-corrected chi connectivity index (χ1v) is 7.62. The molecule has 2 aromatic rings. The van der Waals surface area contributed by atoms with E-state index in [1.165, 1.54) is 11.1 Å². The number of benzene rings is 2. The molecule has 0 saturated heterocycles. The summed E-state index contributed by atoms with van der Waals surface area (Å²) < 4.78 is 10.4. The van der Waals surface area contributed by atoms with E-state index in [2.05, 4.69) is 50.0 Å². The molecule has 0 aromatic heterocycles. The van der Waals surface area contributed by atoms with E-state index in [1.54, 1.807) is 14.2 Å². The van der Waals surface area contributed by atoms with Crippen LogP contribution in [0.4, 0.5) is 0 Å². The highest BCUT2D eigenvalue weighted by Crippen LogP contribution is 2.33. The molecular weight excluding hydrogens is 284 g/mol. The van der Waals surface area contributed by atoms with Crippen molar-refractivity contribution < 1.29 is 9.47 Å². The topological polar surface area (TPSA) is 18.5 Å². The summed E-state index contributed by atoms with van der Waals surface area (Å²) in [5.41, 5.74) is 2.48. The minimum atomic E-state index is -0.0431. The van der Waals surface area contributed by atoms with Crippen LogP contribution in [0, 0.1) is 11.8 Å². The normalized spacial score (nSPS) is 9.83. The van der Waals surface area contributed by atoms with Crippen LogP contribution in [0.1, 0.15) is 38.8 Å². The van der Waals surface area contributed by atoms with E-state index in [0.717, 1.165) is 11.5 Å². The van der Waals surface area contributed by atoms with Crippen LogP contribution in [0.15, 0.2) is 48.5 Å². The largest absolute Gasteiger partial charge is 0.497 e. The molecule has 2 nitrogen and oxygen atoms in total. The average molecular weight is 310 g/mol. The van der Waals surface area contributed by atoms with Gasteiger partial charge < -0.3 is 9.47 Å². The first-order valence-electron chi connectivity index (χ1n) is 7.62. The highest BCUT2D eigenvalue weighted by atomic mass is 16.5. The minimum absolute atomic E-state index is 0.0431. The van der Waals surface area contributed by atoms with E-state index >= 15 is 0 Å². The van der Waals surface area contributed by atoms with Gasteiger partial charge in [-0.3, -0.25) is 0 Å². The molecule has 0 saturated carbocycles. The van der Waals surface area contributed by atoms with Crippen molar-refractivity contribution in [2.24, 2.45) is 0 Å². The van der Waals surface area contributed by atoms with Gasteiger partial charge in [0.1, 0.15) is 11.5 Å². The second-order valence-electron chi connectivity index (χ2n) is 5.58. The Morgan fingerprint density at radius 2 is 0.957 bits per heavy atom. The third-order valence-electron chi connectivity index (χ3n) is 3.87. The molecule has 0 N–H and O–H groups in total. The van der Waals surface area contributed by atoms with Gasteiger partial charge in [0.05, 0.1) is 14.2 Å². The SMILES string of the molecule is CC#CC.COc1ccc(C(C)(C)c2ccc(OC)cc2)cc1. The molecule has 0 bridgehead atoms. The fourth-order valence-electron chi connectivity index (χ4n) is 2.18. The molecular formula is C21H26O2. The predicted molar refractivity (Wildman–Crippen MR) is 97.2 cm³/mol. The van der Waals surface area contributed by atoms with Gasteiger partial charge >= 0.3 is 0 Å². The molecule has 0 fully saturated rings. The second kappa shape index (κ2) is 8.90. The lowest BCUT2D eigenvalue weighted by Gasteiger charge is -2.26. The van der Waals surface area contributed by atoms with Crippen molar-refractivity contribution in [1.29, 1.82) is 0 Å². The van der Waals surface area contributed by atoms with Crippen LogP contribution in [-0.4, -0.2) is 14.2 Å². The van der Waals surface area contributed by atoms with Gasteiger partial charge in [-0.25, -0.2) is 0 Å². The molecule has 2 aromatic carbocycles. The molecule has 0 amide bonds. The van der Waals surface area contributed by atoms with E-state index < -0.39 is 0 Å². The summed E-state index contributed by atoms with van der Waals surface area (Å²) in [6.07, 6.45) is 0. The Morgan fingerprint density at radius 1 is 0.652 bits per heavy atom. The summed E-state index contributed by atoms with van der Waals surface area (Å²) >= 11 is 0. The standard InChI is InChI=1S/C17H20O2.C4H6/c1-17(2,13-5-9-15(18-3)10-6-13)14-7-11-16(19-4)12-8-14;1-3-4-2/h5-12H,1-4H3;1-2H3. The van der Waals surface area contributed by atoms with Gasteiger partial charge in [-0.15, -0.1) is 11.8 Å². The average Bonchev–Trinajstić information content (AvgIpc) is 2.62. The fraction of sp³-hybridized carbons (Fsp3) is 0.333. The molecule has 0 aliphatic heterocycles. The summed E-state index contributed by atoms with van der Waals surface area (Å²) in [5.74, 6) is 7.13. The highest BCUT2D eigenvalue weighted by molar-refractivity contribution is 5.41. The number of rotatable bonds is 4. The molecule has 122 valence electrons. The van der Waals surface area contributed by atoms with Crippen LogP contribution in [0.25, 0.3) is 0 Å². The van der Waals surface area contributed by atoms with Gasteiger partial charge in [-0.05, 0) is 49.2 Å². The van der Waals surface area contributed by atoms with E-state index in [9.17, 15) is 0 Å². The fourth-order valence-corrected chi connectivity index (χ4v) is 2.18. The Bertz CT molecular complexity index is 585. The van der Waals surface area contributed by atoms with Gasteiger partial charge in [0, 0.05) is 5.41 Å². The van der Waals surface area contributed by atoms with Crippen molar-refractivity contribution in [2.45, 2.75) is 33.1 Å². The highest BCUT2D eigenvalue weighted by Gasteiger charge is 2.22. The number of hydrogen-bond acceptors (Lipinski definition) is 2. The van der Waals surface area contributed by atoms with Crippen molar-refractivity contribution in [1.82, 2.24) is 0 Å². The first kappa shape index (κ1) is 18.6. The van der Waals surface area contributed by atoms with Crippen molar-refractivity contribution in [2.75, 3.05) is 14.2 Å². The van der Waals surface area contributed by atoms with Crippen molar-refractivity contribution in [3.8, 4) is 23.3 Å². The van der Waals surface area contributed by atoms with Crippen molar-refractivity contribution in [3.05, 3.63) is 59.7 Å². The molecule has 0 heterocycles. The molecule has 0 radical (unpaired) electrons. The van der Waals surface area contributed by atoms with Crippen molar-refractivity contribution >= 4 is 0 Å². The lowest BCUT2D eigenvalue weighted by molar-refractivity contribution is 0.414. The molecule has 23 heavy (non-hydrogen) atoms.